The predicted molar refractivity (Wildman–Crippen MR) is 73.7 cm³/mol. The zero-order chi connectivity index (χ0) is 13.4. The maximum atomic E-state index is 13.7. The molecule has 0 fully saturated rings. The highest BCUT2D eigenvalue weighted by atomic mass is 19.1. The maximum Gasteiger partial charge on any atom is 0.171 e. The van der Waals surface area contributed by atoms with Gasteiger partial charge in [-0.3, -0.25) is 0 Å². The predicted octanol–water partition coefficient (Wildman–Crippen LogP) is 3.77. The van der Waals surface area contributed by atoms with Crippen molar-refractivity contribution in [1.29, 1.82) is 0 Å². The number of H-pyrrole nitrogens is 1. The summed E-state index contributed by atoms with van der Waals surface area (Å²) in [5.41, 5.74) is 1.25. The first-order valence-corrected chi connectivity index (χ1v) is 5.73. The van der Waals surface area contributed by atoms with Gasteiger partial charge in [-0.15, -0.1) is 0 Å². The second kappa shape index (κ2) is 5.28. The van der Waals surface area contributed by atoms with Crippen molar-refractivity contribution in [3.63, 3.8) is 0 Å². The Hall–Kier alpha value is -2.43. The minimum atomic E-state index is -0.918. The van der Waals surface area contributed by atoms with E-state index in [1.807, 2.05) is 6.07 Å². The van der Waals surface area contributed by atoms with E-state index in [4.69, 9.17) is 0 Å². The number of halogens is 2. The quantitative estimate of drug-likeness (QED) is 0.748. The normalized spacial score (nSPS) is 10.5. The number of aromatic amines is 1. The van der Waals surface area contributed by atoms with Crippen molar-refractivity contribution in [2.24, 2.45) is 0 Å². The van der Waals surface area contributed by atoms with E-state index in [2.05, 4.69) is 9.97 Å². The number of rotatable bonds is 2. The van der Waals surface area contributed by atoms with Gasteiger partial charge in [0.15, 0.2) is 11.6 Å². The second-order valence-corrected chi connectivity index (χ2v) is 4.25. The van der Waals surface area contributed by atoms with Crippen molar-refractivity contribution in [2.45, 2.75) is 13.8 Å². The summed E-state index contributed by atoms with van der Waals surface area (Å²) in [5, 5.41) is 10.1. The Balaban J connectivity index is 0.00000147. The van der Waals surface area contributed by atoms with Crippen molar-refractivity contribution in [2.75, 3.05) is 0 Å². The smallest absolute Gasteiger partial charge is 0.171 e. The van der Waals surface area contributed by atoms with Crippen LogP contribution < -0.4 is 0 Å². The fourth-order valence-corrected chi connectivity index (χ4v) is 2.10. The lowest BCUT2D eigenvalue weighted by Gasteiger charge is -2.05. The molecule has 3 aromatic rings. The highest BCUT2D eigenvalue weighted by Crippen LogP contribution is 2.26. The van der Waals surface area contributed by atoms with Crippen LogP contribution in [0.3, 0.4) is 0 Å². The van der Waals surface area contributed by atoms with Gasteiger partial charge in [0, 0.05) is 29.8 Å². The number of nitrogens with zero attached hydrogens (tertiary/aromatic N) is 1. The van der Waals surface area contributed by atoms with Crippen LogP contribution in [0, 0.1) is 11.6 Å². The maximum absolute atomic E-state index is 13.7. The molecule has 0 bridgehead atoms. The second-order valence-electron chi connectivity index (χ2n) is 4.25. The summed E-state index contributed by atoms with van der Waals surface area (Å²) in [6.45, 7) is 0. The van der Waals surface area contributed by atoms with Gasteiger partial charge < -0.3 is 10.1 Å². The van der Waals surface area contributed by atoms with Gasteiger partial charge in [0.05, 0.1) is 0 Å². The fourth-order valence-electron chi connectivity index (χ4n) is 2.10. The molecule has 3 nitrogen and oxygen atoms in total. The number of benzene rings is 1. The SMILES string of the molecule is C.Oc1ccc(F)c(Cc2c[nH]c3ncccc23)c1F. The molecule has 0 saturated heterocycles. The zero-order valence-corrected chi connectivity index (χ0v) is 9.82. The van der Waals surface area contributed by atoms with Crippen molar-refractivity contribution in [3.8, 4) is 5.75 Å². The molecule has 0 spiro atoms. The lowest BCUT2D eigenvalue weighted by molar-refractivity contribution is 0.423. The number of pyridine rings is 1. The first kappa shape index (κ1) is 14.0. The Kier molecular flexibility index (Phi) is 3.70. The largest absolute Gasteiger partial charge is 0.505 e. The minimum Gasteiger partial charge on any atom is -0.505 e. The average Bonchev–Trinajstić information content (AvgIpc) is 2.83. The molecule has 0 atom stereocenters. The molecule has 0 aliphatic carbocycles. The standard InChI is InChI=1S/C14H10F2N2O.CH4/c15-11-3-4-12(19)13(16)10(11)6-8-7-18-14-9(8)2-1-5-17-14;/h1-5,7,19H,6H2,(H,17,18);1H4. The lowest BCUT2D eigenvalue weighted by atomic mass is 10.0. The van der Waals surface area contributed by atoms with Gasteiger partial charge in [0.1, 0.15) is 11.5 Å². The molecule has 0 unspecified atom stereocenters. The van der Waals surface area contributed by atoms with Crippen LogP contribution >= 0.6 is 0 Å². The van der Waals surface area contributed by atoms with Crippen LogP contribution in [-0.4, -0.2) is 15.1 Å². The molecular weight excluding hydrogens is 262 g/mol. The topological polar surface area (TPSA) is 48.9 Å². The Morgan fingerprint density at radius 1 is 1.20 bits per heavy atom. The van der Waals surface area contributed by atoms with Crippen molar-refractivity contribution >= 4 is 11.0 Å². The number of hydrogen-bond donors (Lipinski definition) is 2. The minimum absolute atomic E-state index is 0. The highest BCUT2D eigenvalue weighted by Gasteiger charge is 2.15. The number of phenolic OH excluding ortho intramolecular Hbond substituents is 1. The van der Waals surface area contributed by atoms with Crippen LogP contribution in [-0.2, 0) is 6.42 Å². The molecule has 2 N–H and O–H groups in total. The van der Waals surface area contributed by atoms with E-state index in [-0.39, 0.29) is 19.4 Å². The van der Waals surface area contributed by atoms with Gasteiger partial charge in [-0.05, 0) is 29.8 Å². The Labute approximate surface area is 114 Å². The number of nitrogens with one attached hydrogen (secondary N) is 1. The molecule has 1 aromatic carbocycles. The van der Waals surface area contributed by atoms with Gasteiger partial charge >= 0.3 is 0 Å². The zero-order valence-electron chi connectivity index (χ0n) is 9.82. The van der Waals surface area contributed by atoms with E-state index in [0.29, 0.717) is 5.65 Å². The van der Waals surface area contributed by atoms with Gasteiger partial charge in [0.2, 0.25) is 0 Å². The summed E-state index contributed by atoms with van der Waals surface area (Å²) in [6.07, 6.45) is 3.36. The lowest BCUT2D eigenvalue weighted by Crippen LogP contribution is -1.97. The average molecular weight is 276 g/mol. The van der Waals surface area contributed by atoms with Gasteiger partial charge in [-0.25, -0.2) is 13.8 Å². The number of aromatic hydroxyl groups is 1. The Bertz CT molecular complexity index is 753. The van der Waals surface area contributed by atoms with Crippen LogP contribution in [0.5, 0.6) is 5.75 Å². The molecule has 0 radical (unpaired) electrons. The number of hydrogen-bond acceptors (Lipinski definition) is 2. The third-order valence-corrected chi connectivity index (χ3v) is 3.07. The molecule has 0 amide bonds. The van der Waals surface area contributed by atoms with E-state index in [1.165, 1.54) is 0 Å². The number of aromatic nitrogens is 2. The monoisotopic (exact) mass is 276 g/mol. The van der Waals surface area contributed by atoms with Crippen LogP contribution in [0.1, 0.15) is 18.6 Å². The summed E-state index contributed by atoms with van der Waals surface area (Å²) >= 11 is 0. The highest BCUT2D eigenvalue weighted by molar-refractivity contribution is 5.79. The van der Waals surface area contributed by atoms with E-state index in [1.54, 1.807) is 18.5 Å². The summed E-state index contributed by atoms with van der Waals surface area (Å²) in [6, 6.07) is 5.65. The van der Waals surface area contributed by atoms with E-state index < -0.39 is 17.4 Å². The first-order chi connectivity index (χ1) is 9.16. The first-order valence-electron chi connectivity index (χ1n) is 5.73. The molecular formula is C15H14F2N2O. The number of phenols is 1. The van der Waals surface area contributed by atoms with E-state index >= 15 is 0 Å². The summed E-state index contributed by atoms with van der Waals surface area (Å²) in [5.74, 6) is -2.14. The fraction of sp³-hybridized carbons (Fsp3) is 0.133. The van der Waals surface area contributed by atoms with Crippen LogP contribution in [0.2, 0.25) is 0 Å². The van der Waals surface area contributed by atoms with Gasteiger partial charge in [0.25, 0.3) is 0 Å². The van der Waals surface area contributed by atoms with Crippen LogP contribution in [0.25, 0.3) is 11.0 Å². The van der Waals surface area contributed by atoms with Gasteiger partial charge in [-0.1, -0.05) is 7.43 Å². The van der Waals surface area contributed by atoms with Crippen molar-refractivity contribution in [1.82, 2.24) is 9.97 Å². The Morgan fingerprint density at radius 2 is 2.00 bits per heavy atom. The van der Waals surface area contributed by atoms with E-state index in [0.717, 1.165) is 23.1 Å². The van der Waals surface area contributed by atoms with Crippen molar-refractivity contribution < 1.29 is 13.9 Å². The molecule has 0 saturated carbocycles. The third kappa shape index (κ3) is 2.22. The molecule has 20 heavy (non-hydrogen) atoms. The Morgan fingerprint density at radius 3 is 2.80 bits per heavy atom. The third-order valence-electron chi connectivity index (χ3n) is 3.07. The molecule has 0 aliphatic heterocycles. The van der Waals surface area contributed by atoms with Crippen LogP contribution in [0.15, 0.2) is 36.7 Å². The molecule has 2 aromatic heterocycles. The van der Waals surface area contributed by atoms with Crippen LogP contribution in [0.4, 0.5) is 8.78 Å². The summed E-state index contributed by atoms with van der Waals surface area (Å²) in [7, 11) is 0. The molecule has 0 aliphatic rings. The molecule has 104 valence electrons. The molecule has 5 heteroatoms. The summed E-state index contributed by atoms with van der Waals surface area (Å²) in [4.78, 5) is 7.06. The van der Waals surface area contributed by atoms with Gasteiger partial charge in [-0.2, -0.15) is 0 Å². The number of fused-ring (bicyclic) bond motifs is 1. The van der Waals surface area contributed by atoms with E-state index in [9.17, 15) is 13.9 Å². The summed E-state index contributed by atoms with van der Waals surface area (Å²) < 4.78 is 27.4. The molecule has 2 heterocycles. The van der Waals surface area contributed by atoms with Crippen molar-refractivity contribution in [3.05, 3.63) is 59.4 Å². The molecule has 3 rings (SSSR count).